The molecule has 0 radical (unpaired) electrons. The fourth-order valence-corrected chi connectivity index (χ4v) is 2.38. The first-order chi connectivity index (χ1) is 11.6. The molecule has 8 nitrogen and oxygen atoms in total. The quantitative estimate of drug-likeness (QED) is 0.422. The van der Waals surface area contributed by atoms with Gasteiger partial charge in [-0.1, -0.05) is 0 Å². The maximum atomic E-state index is 11.9. The molecule has 122 valence electrons. The normalized spacial score (nSPS) is 10.5. The number of nitro benzene ring substituents is 1. The van der Waals surface area contributed by atoms with Gasteiger partial charge in [0, 0.05) is 35.2 Å². The van der Waals surface area contributed by atoms with Crippen LogP contribution in [-0.4, -0.2) is 27.5 Å². The largest absolute Gasteiger partial charge is 0.461 e. The van der Waals surface area contributed by atoms with Crippen LogP contribution in [0.3, 0.4) is 0 Å². The van der Waals surface area contributed by atoms with Gasteiger partial charge in [0.15, 0.2) is 0 Å². The molecule has 8 heteroatoms. The number of nitro groups is 1. The van der Waals surface area contributed by atoms with Crippen molar-refractivity contribution in [3.8, 4) is 0 Å². The Morgan fingerprint density at radius 3 is 2.75 bits per heavy atom. The van der Waals surface area contributed by atoms with Gasteiger partial charge in [0.05, 0.1) is 11.5 Å². The van der Waals surface area contributed by atoms with E-state index in [1.807, 2.05) is 0 Å². The Labute approximate surface area is 136 Å². The Hall–Kier alpha value is -3.42. The van der Waals surface area contributed by atoms with Crippen molar-refractivity contribution in [2.75, 3.05) is 11.9 Å². The average molecular weight is 326 g/mol. The smallest absolute Gasteiger partial charge is 0.354 e. The summed E-state index contributed by atoms with van der Waals surface area (Å²) in [5, 5.41) is 14.9. The summed E-state index contributed by atoms with van der Waals surface area (Å²) in [6.07, 6.45) is 3.26. The van der Waals surface area contributed by atoms with E-state index in [9.17, 15) is 14.9 Å². The van der Waals surface area contributed by atoms with Crippen LogP contribution in [0.5, 0.6) is 0 Å². The van der Waals surface area contributed by atoms with Crippen LogP contribution in [0, 0.1) is 10.1 Å². The Morgan fingerprint density at radius 1 is 1.33 bits per heavy atom. The lowest BCUT2D eigenvalue weighted by Crippen LogP contribution is -2.04. The van der Waals surface area contributed by atoms with Crippen LogP contribution in [0.2, 0.25) is 0 Å². The lowest BCUT2D eigenvalue weighted by atomic mass is 10.1. The summed E-state index contributed by atoms with van der Waals surface area (Å²) in [4.78, 5) is 29.4. The number of benzene rings is 1. The zero-order valence-electron chi connectivity index (χ0n) is 12.8. The summed E-state index contributed by atoms with van der Waals surface area (Å²) < 4.78 is 4.95. The van der Waals surface area contributed by atoms with E-state index in [1.54, 1.807) is 43.6 Å². The average Bonchev–Trinajstić information content (AvgIpc) is 3.01. The number of aromatic amines is 1. The summed E-state index contributed by atoms with van der Waals surface area (Å²) in [7, 11) is 0. The number of H-pyrrole nitrogens is 1. The number of anilines is 2. The number of non-ortho nitro benzene ring substituents is 1. The van der Waals surface area contributed by atoms with Crippen LogP contribution >= 0.6 is 0 Å². The zero-order chi connectivity index (χ0) is 17.1. The molecule has 24 heavy (non-hydrogen) atoms. The monoisotopic (exact) mass is 326 g/mol. The predicted octanol–water partition coefficient (Wildman–Crippen LogP) is 3.39. The molecular weight excluding hydrogens is 312 g/mol. The van der Waals surface area contributed by atoms with Gasteiger partial charge in [-0.2, -0.15) is 0 Å². The first-order valence-corrected chi connectivity index (χ1v) is 7.24. The molecule has 0 atom stereocenters. The SMILES string of the molecule is CCOC(=O)c1cc2c(Nc3ccncc3)ccc([N+](=O)[O-])c2[nH]1. The topological polar surface area (TPSA) is 110 Å². The summed E-state index contributed by atoms with van der Waals surface area (Å²) in [5.41, 5.74) is 1.73. The molecule has 0 aliphatic carbocycles. The second kappa shape index (κ2) is 6.37. The van der Waals surface area contributed by atoms with Gasteiger partial charge in [-0.3, -0.25) is 15.1 Å². The van der Waals surface area contributed by atoms with Crippen molar-refractivity contribution in [1.29, 1.82) is 0 Å². The molecule has 0 fully saturated rings. The molecule has 0 aliphatic heterocycles. The van der Waals surface area contributed by atoms with Crippen LogP contribution in [-0.2, 0) is 4.74 Å². The highest BCUT2D eigenvalue weighted by Gasteiger charge is 2.20. The molecule has 3 rings (SSSR count). The Bertz CT molecular complexity index is 905. The number of ether oxygens (including phenoxy) is 1. The molecule has 2 heterocycles. The highest BCUT2D eigenvalue weighted by molar-refractivity contribution is 6.04. The third kappa shape index (κ3) is 2.89. The van der Waals surface area contributed by atoms with E-state index in [0.717, 1.165) is 5.69 Å². The molecule has 0 unspecified atom stereocenters. The van der Waals surface area contributed by atoms with Gasteiger partial charge >= 0.3 is 5.97 Å². The molecular formula is C16H14N4O4. The van der Waals surface area contributed by atoms with Crippen LogP contribution < -0.4 is 5.32 Å². The maximum absolute atomic E-state index is 11.9. The summed E-state index contributed by atoms with van der Waals surface area (Å²) in [6, 6.07) is 8.07. The number of hydrogen-bond donors (Lipinski definition) is 2. The zero-order valence-corrected chi connectivity index (χ0v) is 12.8. The minimum Gasteiger partial charge on any atom is -0.461 e. The van der Waals surface area contributed by atoms with Gasteiger partial charge in [0.25, 0.3) is 5.69 Å². The van der Waals surface area contributed by atoms with Crippen molar-refractivity contribution in [2.24, 2.45) is 0 Å². The number of fused-ring (bicyclic) bond motifs is 1. The van der Waals surface area contributed by atoms with Gasteiger partial charge in [-0.15, -0.1) is 0 Å². The molecule has 0 bridgehead atoms. The number of pyridine rings is 1. The van der Waals surface area contributed by atoms with Crippen molar-refractivity contribution in [2.45, 2.75) is 6.92 Å². The van der Waals surface area contributed by atoms with Gasteiger partial charge in [-0.25, -0.2) is 4.79 Å². The molecule has 0 saturated carbocycles. The Balaban J connectivity index is 2.11. The van der Waals surface area contributed by atoms with Crippen LogP contribution in [0.1, 0.15) is 17.4 Å². The summed E-state index contributed by atoms with van der Waals surface area (Å²) in [6.45, 7) is 1.91. The molecule has 1 aromatic carbocycles. The fourth-order valence-electron chi connectivity index (χ4n) is 2.38. The Morgan fingerprint density at radius 2 is 2.08 bits per heavy atom. The van der Waals surface area contributed by atoms with E-state index in [1.165, 1.54) is 6.07 Å². The molecule has 2 aromatic heterocycles. The van der Waals surface area contributed by atoms with Gasteiger partial charge in [0.1, 0.15) is 11.2 Å². The number of rotatable bonds is 5. The second-order valence-corrected chi connectivity index (χ2v) is 4.94. The van der Waals surface area contributed by atoms with Gasteiger partial charge in [0.2, 0.25) is 0 Å². The molecule has 0 spiro atoms. The number of carbonyl (C=O) groups excluding carboxylic acids is 1. The Kier molecular flexibility index (Phi) is 4.11. The number of esters is 1. The molecule has 0 aliphatic rings. The molecule has 2 N–H and O–H groups in total. The maximum Gasteiger partial charge on any atom is 0.354 e. The van der Waals surface area contributed by atoms with Crippen LogP contribution in [0.4, 0.5) is 17.1 Å². The van der Waals surface area contributed by atoms with Crippen LogP contribution in [0.25, 0.3) is 10.9 Å². The van der Waals surface area contributed by atoms with E-state index in [4.69, 9.17) is 4.74 Å². The summed E-state index contributed by atoms with van der Waals surface area (Å²) >= 11 is 0. The second-order valence-electron chi connectivity index (χ2n) is 4.94. The molecule has 0 amide bonds. The number of nitrogens with one attached hydrogen (secondary N) is 2. The van der Waals surface area contributed by atoms with E-state index in [-0.39, 0.29) is 23.5 Å². The lowest BCUT2D eigenvalue weighted by Gasteiger charge is -2.07. The third-order valence-electron chi connectivity index (χ3n) is 3.42. The molecule has 3 aromatic rings. The van der Waals surface area contributed by atoms with Crippen LogP contribution in [0.15, 0.2) is 42.7 Å². The van der Waals surface area contributed by atoms with Crippen molar-refractivity contribution < 1.29 is 14.5 Å². The third-order valence-corrected chi connectivity index (χ3v) is 3.42. The van der Waals surface area contributed by atoms with Gasteiger partial charge < -0.3 is 15.0 Å². The van der Waals surface area contributed by atoms with E-state index in [2.05, 4.69) is 15.3 Å². The lowest BCUT2D eigenvalue weighted by molar-refractivity contribution is -0.383. The van der Waals surface area contributed by atoms with Crippen molar-refractivity contribution in [3.05, 3.63) is 58.5 Å². The van der Waals surface area contributed by atoms with E-state index < -0.39 is 10.9 Å². The number of nitrogens with zero attached hydrogens (tertiary/aromatic N) is 2. The van der Waals surface area contributed by atoms with Crippen molar-refractivity contribution in [3.63, 3.8) is 0 Å². The minimum absolute atomic E-state index is 0.110. The highest BCUT2D eigenvalue weighted by Crippen LogP contribution is 2.33. The van der Waals surface area contributed by atoms with Crippen molar-refractivity contribution >= 4 is 33.9 Å². The highest BCUT2D eigenvalue weighted by atomic mass is 16.6. The van der Waals surface area contributed by atoms with Crippen molar-refractivity contribution in [1.82, 2.24) is 9.97 Å². The number of hydrogen-bond acceptors (Lipinski definition) is 6. The first-order valence-electron chi connectivity index (χ1n) is 7.24. The number of aromatic nitrogens is 2. The summed E-state index contributed by atoms with van der Waals surface area (Å²) in [5.74, 6) is -0.558. The minimum atomic E-state index is -0.558. The first kappa shape index (κ1) is 15.5. The van der Waals surface area contributed by atoms with E-state index in [0.29, 0.717) is 11.1 Å². The standard InChI is InChI=1S/C16H14N4O4/c1-2-24-16(21)13-9-11-12(18-10-5-7-17-8-6-10)3-4-14(20(22)23)15(11)19-13/h3-9,19H,2H2,1H3,(H,17,18). The fraction of sp³-hybridized carbons (Fsp3) is 0.125. The predicted molar refractivity (Wildman–Crippen MR) is 88.4 cm³/mol. The van der Waals surface area contributed by atoms with E-state index >= 15 is 0 Å². The molecule has 0 saturated heterocycles. The number of carbonyl (C=O) groups is 1. The van der Waals surface area contributed by atoms with Gasteiger partial charge in [-0.05, 0) is 31.2 Å².